The number of benzene rings is 2. The lowest BCUT2D eigenvalue weighted by molar-refractivity contribution is 0.385. The molecule has 0 atom stereocenters. The van der Waals surface area contributed by atoms with E-state index in [1.165, 1.54) is 11.1 Å². The number of guanidine groups is 1. The predicted octanol–water partition coefficient (Wildman–Crippen LogP) is 6.19. The third-order valence-corrected chi connectivity index (χ3v) is 3.89. The fraction of sp³-hybridized carbons (Fsp3) is 0.435. The molecule has 0 fully saturated rings. The summed E-state index contributed by atoms with van der Waals surface area (Å²) in [5.41, 5.74) is 3.81. The summed E-state index contributed by atoms with van der Waals surface area (Å²) in [5, 5.41) is 8.42. The Hall–Kier alpha value is -2.29. The predicted molar refractivity (Wildman–Crippen MR) is 117 cm³/mol. The Morgan fingerprint density at radius 3 is 1.88 bits per heavy atom. The van der Waals surface area contributed by atoms with E-state index in [0.717, 1.165) is 25.2 Å². The average Bonchev–Trinajstić information content (AvgIpc) is 2.77. The SMILES string of the molecule is CC.CC.CC.CN(C(=N)N1CCc2ccccc2C1)c1ccccc1. The molecule has 0 bridgehead atoms. The van der Waals surface area contributed by atoms with E-state index in [-0.39, 0.29) is 0 Å². The lowest BCUT2D eigenvalue weighted by Crippen LogP contribution is -2.44. The second-order valence-electron chi connectivity index (χ2n) is 5.16. The van der Waals surface area contributed by atoms with Crippen molar-refractivity contribution in [2.45, 2.75) is 54.5 Å². The summed E-state index contributed by atoms with van der Waals surface area (Å²) in [6, 6.07) is 18.6. The molecule has 26 heavy (non-hydrogen) atoms. The van der Waals surface area contributed by atoms with E-state index in [9.17, 15) is 0 Å². The maximum absolute atomic E-state index is 8.42. The number of rotatable bonds is 1. The number of fused-ring (bicyclic) bond motifs is 1. The molecular weight excluding hydrogens is 318 g/mol. The van der Waals surface area contributed by atoms with Crippen LogP contribution in [0.3, 0.4) is 0 Å². The van der Waals surface area contributed by atoms with Gasteiger partial charge in [0.1, 0.15) is 0 Å². The first-order valence-electron chi connectivity index (χ1n) is 9.95. The van der Waals surface area contributed by atoms with Crippen LogP contribution in [0, 0.1) is 5.41 Å². The number of hydrogen-bond acceptors (Lipinski definition) is 1. The zero-order valence-corrected chi connectivity index (χ0v) is 17.7. The highest BCUT2D eigenvalue weighted by Crippen LogP contribution is 2.20. The van der Waals surface area contributed by atoms with E-state index in [1.807, 2.05) is 83.8 Å². The summed E-state index contributed by atoms with van der Waals surface area (Å²) in [6.45, 7) is 13.7. The van der Waals surface area contributed by atoms with Crippen LogP contribution in [0.15, 0.2) is 54.6 Å². The molecule has 1 heterocycles. The minimum absolute atomic E-state index is 0.561. The molecule has 1 N–H and O–H groups in total. The van der Waals surface area contributed by atoms with Gasteiger partial charge >= 0.3 is 0 Å². The van der Waals surface area contributed by atoms with Gasteiger partial charge in [-0.15, -0.1) is 0 Å². The lowest BCUT2D eigenvalue weighted by Gasteiger charge is -2.34. The molecule has 0 unspecified atom stereocenters. The van der Waals surface area contributed by atoms with E-state index >= 15 is 0 Å². The van der Waals surface area contributed by atoms with Crippen molar-refractivity contribution in [2.75, 3.05) is 18.5 Å². The molecule has 0 saturated heterocycles. The Morgan fingerprint density at radius 2 is 1.31 bits per heavy atom. The molecule has 0 radical (unpaired) electrons. The van der Waals surface area contributed by atoms with Gasteiger partial charge in [0.05, 0.1) is 0 Å². The van der Waals surface area contributed by atoms with Gasteiger partial charge in [-0.05, 0) is 29.7 Å². The van der Waals surface area contributed by atoms with Crippen LogP contribution >= 0.6 is 0 Å². The third kappa shape index (κ3) is 6.55. The highest BCUT2D eigenvalue weighted by atomic mass is 15.3. The summed E-state index contributed by atoms with van der Waals surface area (Å²) < 4.78 is 0. The van der Waals surface area contributed by atoms with Gasteiger partial charge < -0.3 is 9.80 Å². The van der Waals surface area contributed by atoms with E-state index < -0.39 is 0 Å². The molecule has 0 amide bonds. The van der Waals surface area contributed by atoms with Crippen LogP contribution in [0.5, 0.6) is 0 Å². The molecular formula is C23H37N3. The van der Waals surface area contributed by atoms with Crippen molar-refractivity contribution in [3.05, 3.63) is 65.7 Å². The first-order chi connectivity index (χ1) is 12.8. The van der Waals surface area contributed by atoms with Gasteiger partial charge in [0, 0.05) is 25.8 Å². The summed E-state index contributed by atoms with van der Waals surface area (Å²) in [6.07, 6.45) is 1.02. The molecule has 2 aromatic carbocycles. The molecule has 0 spiro atoms. The number of nitrogens with one attached hydrogen (secondary N) is 1. The summed E-state index contributed by atoms with van der Waals surface area (Å²) in [5.74, 6) is 0.561. The zero-order valence-electron chi connectivity index (χ0n) is 17.7. The van der Waals surface area contributed by atoms with Gasteiger partial charge in [-0.2, -0.15) is 0 Å². The van der Waals surface area contributed by atoms with Crippen molar-refractivity contribution in [3.8, 4) is 0 Å². The van der Waals surface area contributed by atoms with Crippen LogP contribution < -0.4 is 4.90 Å². The standard InChI is InChI=1S/C17H19N3.3C2H6/c1-19(16-9-3-2-4-10-16)17(18)20-12-11-14-7-5-6-8-15(14)13-20;3*1-2/h2-10,18H,11-13H2,1H3;3*1-2H3. The van der Waals surface area contributed by atoms with E-state index in [1.54, 1.807) is 0 Å². The molecule has 3 heteroatoms. The van der Waals surface area contributed by atoms with Gasteiger partial charge in [0.15, 0.2) is 5.96 Å². The van der Waals surface area contributed by atoms with Crippen molar-refractivity contribution in [2.24, 2.45) is 0 Å². The Kier molecular flexibility index (Phi) is 12.7. The van der Waals surface area contributed by atoms with Crippen molar-refractivity contribution in [1.82, 2.24) is 4.90 Å². The van der Waals surface area contributed by atoms with Gasteiger partial charge in [-0.3, -0.25) is 5.41 Å². The highest BCUT2D eigenvalue weighted by Gasteiger charge is 2.20. The fourth-order valence-corrected chi connectivity index (χ4v) is 2.66. The van der Waals surface area contributed by atoms with Gasteiger partial charge in [0.2, 0.25) is 0 Å². The molecule has 2 aromatic rings. The normalized spacial score (nSPS) is 11.3. The number of hydrogen-bond donors (Lipinski definition) is 1. The summed E-state index contributed by atoms with van der Waals surface area (Å²) in [4.78, 5) is 4.07. The zero-order chi connectivity index (χ0) is 19.9. The largest absolute Gasteiger partial charge is 0.338 e. The summed E-state index contributed by atoms with van der Waals surface area (Å²) in [7, 11) is 1.96. The molecule has 0 aromatic heterocycles. The maximum atomic E-state index is 8.42. The van der Waals surface area contributed by atoms with Crippen molar-refractivity contribution < 1.29 is 0 Å². The third-order valence-electron chi connectivity index (χ3n) is 3.89. The molecule has 0 saturated carbocycles. The smallest absolute Gasteiger partial charge is 0.198 e. The molecule has 144 valence electrons. The Balaban J connectivity index is 0.000000948. The molecule has 3 nitrogen and oxygen atoms in total. The lowest BCUT2D eigenvalue weighted by atomic mass is 10.0. The fourth-order valence-electron chi connectivity index (χ4n) is 2.66. The first kappa shape index (κ1) is 23.7. The van der Waals surface area contributed by atoms with Gasteiger partial charge in [-0.1, -0.05) is 84.0 Å². The topological polar surface area (TPSA) is 30.3 Å². The van der Waals surface area contributed by atoms with Crippen LogP contribution in [0.25, 0.3) is 0 Å². The van der Waals surface area contributed by atoms with Crippen molar-refractivity contribution >= 4 is 11.6 Å². The highest BCUT2D eigenvalue weighted by molar-refractivity contribution is 5.93. The second kappa shape index (κ2) is 13.9. The van der Waals surface area contributed by atoms with Gasteiger partial charge in [0.25, 0.3) is 0 Å². The Morgan fingerprint density at radius 1 is 0.808 bits per heavy atom. The average molecular weight is 356 g/mol. The minimum atomic E-state index is 0.561. The Labute approximate surface area is 161 Å². The minimum Gasteiger partial charge on any atom is -0.338 e. The number of nitrogens with zero attached hydrogens (tertiary/aromatic N) is 2. The van der Waals surface area contributed by atoms with Crippen LogP contribution in [-0.4, -0.2) is 24.5 Å². The van der Waals surface area contributed by atoms with Crippen LogP contribution in [0.1, 0.15) is 52.7 Å². The first-order valence-corrected chi connectivity index (χ1v) is 9.95. The van der Waals surface area contributed by atoms with Crippen molar-refractivity contribution in [3.63, 3.8) is 0 Å². The van der Waals surface area contributed by atoms with Crippen LogP contribution in [0.2, 0.25) is 0 Å². The van der Waals surface area contributed by atoms with E-state index in [0.29, 0.717) is 5.96 Å². The molecule has 1 aliphatic heterocycles. The quantitative estimate of drug-likeness (QED) is 0.488. The molecule has 1 aliphatic rings. The number of para-hydroxylation sites is 1. The van der Waals surface area contributed by atoms with Crippen molar-refractivity contribution in [1.29, 1.82) is 5.41 Å². The monoisotopic (exact) mass is 355 g/mol. The molecule has 3 rings (SSSR count). The Bertz CT molecular complexity index is 608. The number of anilines is 1. The van der Waals surface area contributed by atoms with Crippen LogP contribution in [-0.2, 0) is 13.0 Å². The van der Waals surface area contributed by atoms with E-state index in [2.05, 4.69) is 29.2 Å². The van der Waals surface area contributed by atoms with E-state index in [4.69, 9.17) is 5.41 Å². The van der Waals surface area contributed by atoms with Crippen LogP contribution in [0.4, 0.5) is 5.69 Å². The molecule has 0 aliphatic carbocycles. The second-order valence-corrected chi connectivity index (χ2v) is 5.16. The summed E-state index contributed by atoms with van der Waals surface area (Å²) >= 11 is 0. The van der Waals surface area contributed by atoms with Gasteiger partial charge in [-0.25, -0.2) is 0 Å². The maximum Gasteiger partial charge on any atom is 0.198 e.